The maximum Gasteiger partial charge on any atom is 0.234 e. The monoisotopic (exact) mass is 372 g/mol. The van der Waals surface area contributed by atoms with Crippen LogP contribution in [0, 0.1) is 0 Å². The van der Waals surface area contributed by atoms with E-state index in [1.807, 2.05) is 48.5 Å². The van der Waals surface area contributed by atoms with Crippen LogP contribution in [0.25, 0.3) is 4.96 Å². The maximum atomic E-state index is 6.09. The van der Waals surface area contributed by atoms with Gasteiger partial charge in [0.05, 0.1) is 5.02 Å². The van der Waals surface area contributed by atoms with Gasteiger partial charge in [0.1, 0.15) is 24.7 Å². The minimum atomic E-state index is 0.291. The number of hydrogen-bond acceptors (Lipinski definition) is 6. The van der Waals surface area contributed by atoms with Gasteiger partial charge in [-0.1, -0.05) is 53.3 Å². The summed E-state index contributed by atoms with van der Waals surface area (Å²) in [6.07, 6.45) is 0. The molecule has 4 aromatic rings. The molecule has 2 aromatic heterocycles. The Hall–Kier alpha value is -2.64. The fraction of sp³-hybridized carbons (Fsp3) is 0.118. The van der Waals surface area contributed by atoms with E-state index >= 15 is 0 Å². The molecule has 0 saturated heterocycles. The number of hydrogen-bond donors (Lipinski definition) is 0. The molecule has 0 radical (unpaired) electrons. The lowest BCUT2D eigenvalue weighted by molar-refractivity contribution is 0.290. The van der Waals surface area contributed by atoms with Gasteiger partial charge in [0.15, 0.2) is 10.8 Å². The highest BCUT2D eigenvalue weighted by Crippen LogP contribution is 2.25. The number of fused-ring (bicyclic) bond motifs is 1. The summed E-state index contributed by atoms with van der Waals surface area (Å²) in [6.45, 7) is 0.608. The Morgan fingerprint density at radius 2 is 1.72 bits per heavy atom. The molecule has 0 N–H and O–H groups in total. The molecule has 0 saturated carbocycles. The van der Waals surface area contributed by atoms with Crippen molar-refractivity contribution in [1.29, 1.82) is 0 Å². The van der Waals surface area contributed by atoms with Crippen molar-refractivity contribution in [2.24, 2.45) is 0 Å². The average molecular weight is 373 g/mol. The Morgan fingerprint density at radius 3 is 2.56 bits per heavy atom. The van der Waals surface area contributed by atoms with E-state index < -0.39 is 0 Å². The van der Waals surface area contributed by atoms with Crippen LogP contribution in [0.3, 0.4) is 0 Å². The summed E-state index contributed by atoms with van der Waals surface area (Å²) in [7, 11) is 0. The Kier molecular flexibility index (Phi) is 4.49. The van der Waals surface area contributed by atoms with Gasteiger partial charge >= 0.3 is 0 Å². The molecule has 126 valence electrons. The van der Waals surface area contributed by atoms with Crippen LogP contribution in [0.2, 0.25) is 5.02 Å². The molecule has 0 aliphatic heterocycles. The maximum absolute atomic E-state index is 6.09. The zero-order chi connectivity index (χ0) is 17.1. The summed E-state index contributed by atoms with van der Waals surface area (Å²) in [5.74, 6) is 2.04. The summed E-state index contributed by atoms with van der Waals surface area (Å²) in [5, 5.41) is 14.1. The van der Waals surface area contributed by atoms with E-state index in [0.29, 0.717) is 34.8 Å². The van der Waals surface area contributed by atoms with Crippen molar-refractivity contribution in [3.05, 3.63) is 70.5 Å². The van der Waals surface area contributed by atoms with Gasteiger partial charge in [-0.3, -0.25) is 0 Å². The average Bonchev–Trinajstić information content (AvgIpc) is 3.21. The fourth-order valence-corrected chi connectivity index (χ4v) is 3.17. The molecular formula is C17H13ClN4O2S. The zero-order valence-corrected chi connectivity index (χ0v) is 14.6. The predicted molar refractivity (Wildman–Crippen MR) is 95.2 cm³/mol. The van der Waals surface area contributed by atoms with Crippen LogP contribution in [0.1, 0.15) is 10.8 Å². The lowest BCUT2D eigenvalue weighted by Gasteiger charge is -2.05. The quantitative estimate of drug-likeness (QED) is 0.512. The molecular weight excluding hydrogens is 360 g/mol. The topological polar surface area (TPSA) is 61.5 Å². The number of para-hydroxylation sites is 2. The molecule has 0 atom stereocenters. The first-order valence-corrected chi connectivity index (χ1v) is 8.74. The molecule has 4 rings (SSSR count). The largest absolute Gasteiger partial charge is 0.486 e. The number of benzene rings is 2. The Balaban J connectivity index is 1.46. The van der Waals surface area contributed by atoms with Crippen LogP contribution in [0.4, 0.5) is 0 Å². The van der Waals surface area contributed by atoms with Crippen molar-refractivity contribution in [1.82, 2.24) is 19.8 Å². The first-order chi connectivity index (χ1) is 12.3. The van der Waals surface area contributed by atoms with E-state index in [9.17, 15) is 0 Å². The minimum absolute atomic E-state index is 0.291. The molecule has 6 nitrogen and oxygen atoms in total. The number of nitrogens with zero attached hydrogens (tertiary/aromatic N) is 4. The Labute approximate surface area is 152 Å². The summed E-state index contributed by atoms with van der Waals surface area (Å²) in [6, 6.07) is 16.9. The molecule has 0 amide bonds. The standard InChI is InChI=1S/C17H13ClN4O2S/c18-13-8-4-5-9-14(13)24-11-16-21-22-15(19-20-17(22)25-16)10-23-12-6-2-1-3-7-12/h1-9H,10-11H2. The minimum Gasteiger partial charge on any atom is -0.486 e. The number of halogens is 1. The van der Waals surface area contributed by atoms with E-state index in [-0.39, 0.29) is 0 Å². The molecule has 0 aliphatic carbocycles. The fourth-order valence-electron chi connectivity index (χ4n) is 2.21. The van der Waals surface area contributed by atoms with E-state index in [4.69, 9.17) is 21.1 Å². The predicted octanol–water partition coefficient (Wildman–Crippen LogP) is 4.00. The lowest BCUT2D eigenvalue weighted by atomic mass is 10.3. The number of ether oxygens (including phenoxy) is 2. The smallest absolute Gasteiger partial charge is 0.234 e. The molecule has 0 aliphatic rings. The third-order valence-corrected chi connectivity index (χ3v) is 4.58. The molecule has 0 fully saturated rings. The van der Waals surface area contributed by atoms with Gasteiger partial charge in [-0.2, -0.15) is 9.61 Å². The van der Waals surface area contributed by atoms with Gasteiger partial charge < -0.3 is 9.47 Å². The van der Waals surface area contributed by atoms with E-state index in [1.165, 1.54) is 11.3 Å². The molecule has 2 heterocycles. The van der Waals surface area contributed by atoms with Gasteiger partial charge in [0.2, 0.25) is 4.96 Å². The van der Waals surface area contributed by atoms with Crippen LogP contribution in [0.15, 0.2) is 54.6 Å². The van der Waals surface area contributed by atoms with Crippen LogP contribution >= 0.6 is 22.9 Å². The summed E-state index contributed by atoms with van der Waals surface area (Å²) in [5.41, 5.74) is 0. The molecule has 8 heteroatoms. The van der Waals surface area contributed by atoms with Crippen molar-refractivity contribution in [3.63, 3.8) is 0 Å². The van der Waals surface area contributed by atoms with Gasteiger partial charge in [0, 0.05) is 0 Å². The van der Waals surface area contributed by atoms with Crippen LogP contribution in [-0.4, -0.2) is 19.8 Å². The molecule has 0 spiro atoms. The van der Waals surface area contributed by atoms with Crippen molar-refractivity contribution >= 4 is 27.9 Å². The molecule has 0 bridgehead atoms. The number of aromatic nitrogens is 4. The second-order valence-corrected chi connectivity index (χ2v) is 6.57. The van der Waals surface area contributed by atoms with Crippen LogP contribution in [-0.2, 0) is 13.2 Å². The van der Waals surface area contributed by atoms with Crippen molar-refractivity contribution in [2.75, 3.05) is 0 Å². The van der Waals surface area contributed by atoms with Gasteiger partial charge in [-0.05, 0) is 24.3 Å². The van der Waals surface area contributed by atoms with Crippen LogP contribution < -0.4 is 9.47 Å². The van der Waals surface area contributed by atoms with Gasteiger partial charge in [0.25, 0.3) is 0 Å². The van der Waals surface area contributed by atoms with E-state index in [1.54, 1.807) is 10.6 Å². The summed E-state index contributed by atoms with van der Waals surface area (Å²) >= 11 is 7.51. The number of rotatable bonds is 6. The highest BCUT2D eigenvalue weighted by molar-refractivity contribution is 7.16. The first kappa shape index (κ1) is 15.9. The van der Waals surface area contributed by atoms with Gasteiger partial charge in [-0.25, -0.2) is 0 Å². The second-order valence-electron chi connectivity index (χ2n) is 5.13. The van der Waals surface area contributed by atoms with E-state index in [0.717, 1.165) is 10.8 Å². The summed E-state index contributed by atoms with van der Waals surface area (Å²) < 4.78 is 13.1. The highest BCUT2D eigenvalue weighted by Gasteiger charge is 2.13. The third kappa shape index (κ3) is 3.57. The lowest BCUT2D eigenvalue weighted by Crippen LogP contribution is -2.03. The molecule has 25 heavy (non-hydrogen) atoms. The second kappa shape index (κ2) is 7.08. The van der Waals surface area contributed by atoms with E-state index in [2.05, 4.69) is 15.3 Å². The molecule has 0 unspecified atom stereocenters. The highest BCUT2D eigenvalue weighted by atomic mass is 35.5. The van der Waals surface area contributed by atoms with Crippen molar-refractivity contribution in [2.45, 2.75) is 13.2 Å². The SMILES string of the molecule is Clc1ccccc1OCc1nn2c(COc3ccccc3)nnc2s1. The Bertz CT molecular complexity index is 987. The normalized spacial score (nSPS) is 10.9. The first-order valence-electron chi connectivity index (χ1n) is 7.55. The third-order valence-electron chi connectivity index (χ3n) is 3.40. The Morgan fingerprint density at radius 1 is 0.920 bits per heavy atom. The van der Waals surface area contributed by atoms with Crippen molar-refractivity contribution < 1.29 is 9.47 Å². The van der Waals surface area contributed by atoms with Crippen molar-refractivity contribution in [3.8, 4) is 11.5 Å². The van der Waals surface area contributed by atoms with Gasteiger partial charge in [-0.15, -0.1) is 10.2 Å². The molecule has 2 aromatic carbocycles. The zero-order valence-electron chi connectivity index (χ0n) is 13.0. The van der Waals surface area contributed by atoms with Crippen LogP contribution in [0.5, 0.6) is 11.5 Å². The summed E-state index contributed by atoms with van der Waals surface area (Å²) in [4.78, 5) is 0.699.